The molecule has 0 aliphatic rings. The monoisotopic (exact) mass is 250 g/mol. The normalized spacial score (nSPS) is 11.6. The van der Waals surface area contributed by atoms with Crippen molar-refractivity contribution in [3.63, 3.8) is 0 Å². The smallest absolute Gasteiger partial charge is 0.140 e. The molecule has 0 unspecified atom stereocenters. The van der Waals surface area contributed by atoms with Crippen LogP contribution < -0.4 is 10.1 Å². The first-order valence-corrected chi connectivity index (χ1v) is 6.78. The second-order valence-corrected chi connectivity index (χ2v) is 5.67. The molecule has 0 radical (unpaired) electrons. The molecule has 3 heteroatoms. The molecule has 0 saturated heterocycles. The van der Waals surface area contributed by atoms with E-state index in [1.54, 1.807) is 6.20 Å². The van der Waals surface area contributed by atoms with Crippen molar-refractivity contribution >= 4 is 0 Å². The van der Waals surface area contributed by atoms with E-state index < -0.39 is 0 Å². The molecule has 0 saturated carbocycles. The molecule has 1 rings (SSSR count). The molecule has 0 aliphatic carbocycles. The molecule has 1 heterocycles. The molecule has 0 aliphatic heterocycles. The van der Waals surface area contributed by atoms with E-state index in [4.69, 9.17) is 4.74 Å². The Morgan fingerprint density at radius 1 is 1.22 bits per heavy atom. The molecule has 18 heavy (non-hydrogen) atoms. The topological polar surface area (TPSA) is 34.1 Å². The van der Waals surface area contributed by atoms with Gasteiger partial charge in [0.05, 0.1) is 12.3 Å². The standard InChI is InChI=1S/C15H26N2O/c1-13-14(9-8-10-16-13)18-12-7-5-6-11-17-15(2,3)4/h8-10,17H,5-7,11-12H2,1-4H3. The number of pyridine rings is 1. The van der Waals surface area contributed by atoms with Gasteiger partial charge in [-0.1, -0.05) is 0 Å². The zero-order valence-corrected chi connectivity index (χ0v) is 12.1. The van der Waals surface area contributed by atoms with Crippen LogP contribution in [0.1, 0.15) is 45.7 Å². The average molecular weight is 250 g/mol. The van der Waals surface area contributed by atoms with Crippen LogP contribution in [0.3, 0.4) is 0 Å². The summed E-state index contributed by atoms with van der Waals surface area (Å²) in [6, 6.07) is 3.89. The molecule has 0 fully saturated rings. The lowest BCUT2D eigenvalue weighted by atomic mass is 10.1. The minimum atomic E-state index is 0.226. The second-order valence-electron chi connectivity index (χ2n) is 5.67. The highest BCUT2D eigenvalue weighted by atomic mass is 16.5. The van der Waals surface area contributed by atoms with E-state index in [1.807, 2.05) is 19.1 Å². The quantitative estimate of drug-likeness (QED) is 0.754. The van der Waals surface area contributed by atoms with Gasteiger partial charge in [-0.15, -0.1) is 0 Å². The third-order valence-electron chi connectivity index (χ3n) is 2.69. The van der Waals surface area contributed by atoms with Crippen molar-refractivity contribution in [2.75, 3.05) is 13.2 Å². The lowest BCUT2D eigenvalue weighted by molar-refractivity contribution is 0.300. The molecule has 3 nitrogen and oxygen atoms in total. The summed E-state index contributed by atoms with van der Waals surface area (Å²) in [5.74, 6) is 0.908. The Balaban J connectivity index is 2.04. The molecule has 1 N–H and O–H groups in total. The van der Waals surface area contributed by atoms with Gasteiger partial charge in [0, 0.05) is 11.7 Å². The Labute approximate surface area is 111 Å². The highest BCUT2D eigenvalue weighted by Gasteiger charge is 2.06. The van der Waals surface area contributed by atoms with Gasteiger partial charge in [-0.2, -0.15) is 0 Å². The minimum absolute atomic E-state index is 0.226. The fourth-order valence-corrected chi connectivity index (χ4v) is 1.67. The second kappa shape index (κ2) is 7.37. The first kappa shape index (κ1) is 15.0. The van der Waals surface area contributed by atoms with Crippen molar-refractivity contribution in [1.29, 1.82) is 0 Å². The van der Waals surface area contributed by atoms with Crippen LogP contribution in [0, 0.1) is 6.92 Å². The predicted molar refractivity (Wildman–Crippen MR) is 76.1 cm³/mol. The predicted octanol–water partition coefficient (Wildman–Crippen LogP) is 3.33. The molecule has 0 atom stereocenters. The fourth-order valence-electron chi connectivity index (χ4n) is 1.67. The van der Waals surface area contributed by atoms with Crippen molar-refractivity contribution in [1.82, 2.24) is 10.3 Å². The number of unbranched alkanes of at least 4 members (excludes halogenated alkanes) is 2. The maximum Gasteiger partial charge on any atom is 0.140 e. The Morgan fingerprint density at radius 2 is 2.00 bits per heavy atom. The number of nitrogens with one attached hydrogen (secondary N) is 1. The molecule has 0 bridgehead atoms. The highest BCUT2D eigenvalue weighted by molar-refractivity contribution is 5.25. The molecule has 0 aromatic carbocycles. The molecule has 0 amide bonds. The lowest BCUT2D eigenvalue weighted by Gasteiger charge is -2.20. The minimum Gasteiger partial charge on any atom is -0.492 e. The zero-order chi connectivity index (χ0) is 13.4. The van der Waals surface area contributed by atoms with Crippen LogP contribution in [0.5, 0.6) is 5.75 Å². The fraction of sp³-hybridized carbons (Fsp3) is 0.667. The number of hydrogen-bond acceptors (Lipinski definition) is 3. The van der Waals surface area contributed by atoms with Gasteiger partial charge in [0.1, 0.15) is 5.75 Å². The van der Waals surface area contributed by atoms with E-state index in [1.165, 1.54) is 12.8 Å². The molecule has 0 spiro atoms. The summed E-state index contributed by atoms with van der Waals surface area (Å²) in [4.78, 5) is 4.20. The molecule has 1 aromatic heterocycles. The number of aryl methyl sites for hydroxylation is 1. The Bertz CT molecular complexity index is 345. The maximum atomic E-state index is 5.70. The van der Waals surface area contributed by atoms with Crippen molar-refractivity contribution in [3.8, 4) is 5.75 Å². The van der Waals surface area contributed by atoms with Gasteiger partial charge in [-0.3, -0.25) is 4.98 Å². The van der Waals surface area contributed by atoms with Crippen molar-refractivity contribution in [3.05, 3.63) is 24.0 Å². The van der Waals surface area contributed by atoms with Crippen LogP contribution in [0.25, 0.3) is 0 Å². The number of nitrogens with zero attached hydrogens (tertiary/aromatic N) is 1. The summed E-state index contributed by atoms with van der Waals surface area (Å²) in [7, 11) is 0. The van der Waals surface area contributed by atoms with Crippen LogP contribution in [0.2, 0.25) is 0 Å². The van der Waals surface area contributed by atoms with Gasteiger partial charge in [0.15, 0.2) is 0 Å². The van der Waals surface area contributed by atoms with Crippen molar-refractivity contribution in [2.24, 2.45) is 0 Å². The van der Waals surface area contributed by atoms with Crippen LogP contribution >= 0.6 is 0 Å². The van der Waals surface area contributed by atoms with Crippen molar-refractivity contribution < 1.29 is 4.74 Å². The molecule has 1 aromatic rings. The van der Waals surface area contributed by atoms with Crippen molar-refractivity contribution in [2.45, 2.75) is 52.5 Å². The van der Waals surface area contributed by atoms with Gasteiger partial charge in [-0.05, 0) is 65.6 Å². The summed E-state index contributed by atoms with van der Waals surface area (Å²) >= 11 is 0. The third-order valence-corrected chi connectivity index (χ3v) is 2.69. The van der Waals surface area contributed by atoms with E-state index >= 15 is 0 Å². The summed E-state index contributed by atoms with van der Waals surface area (Å²) in [6.45, 7) is 10.4. The van der Waals surface area contributed by atoms with Crippen LogP contribution in [0.4, 0.5) is 0 Å². The number of ether oxygens (including phenoxy) is 1. The average Bonchev–Trinajstić information content (AvgIpc) is 2.28. The first-order chi connectivity index (χ1) is 8.49. The van der Waals surface area contributed by atoms with Crippen LogP contribution in [-0.2, 0) is 0 Å². The maximum absolute atomic E-state index is 5.70. The summed E-state index contributed by atoms with van der Waals surface area (Å²) in [6.07, 6.45) is 5.29. The van der Waals surface area contributed by atoms with Crippen LogP contribution in [0.15, 0.2) is 18.3 Å². The Hall–Kier alpha value is -1.09. The van der Waals surface area contributed by atoms with Gasteiger partial charge in [0.2, 0.25) is 0 Å². The van der Waals surface area contributed by atoms with Gasteiger partial charge in [-0.25, -0.2) is 0 Å². The van der Waals surface area contributed by atoms with E-state index in [2.05, 4.69) is 31.1 Å². The SMILES string of the molecule is Cc1ncccc1OCCCCCNC(C)(C)C. The van der Waals surface area contributed by atoms with E-state index in [9.17, 15) is 0 Å². The molecular weight excluding hydrogens is 224 g/mol. The number of rotatable bonds is 7. The first-order valence-electron chi connectivity index (χ1n) is 6.78. The van der Waals surface area contributed by atoms with Gasteiger partial charge < -0.3 is 10.1 Å². The summed E-state index contributed by atoms with van der Waals surface area (Å²) < 4.78 is 5.70. The molecular formula is C15H26N2O. The third kappa shape index (κ3) is 6.60. The zero-order valence-electron chi connectivity index (χ0n) is 12.1. The summed E-state index contributed by atoms with van der Waals surface area (Å²) in [5, 5.41) is 3.49. The van der Waals surface area contributed by atoms with E-state index in [-0.39, 0.29) is 5.54 Å². The van der Waals surface area contributed by atoms with E-state index in [0.29, 0.717) is 0 Å². The highest BCUT2D eigenvalue weighted by Crippen LogP contribution is 2.14. The number of aromatic nitrogens is 1. The lowest BCUT2D eigenvalue weighted by Crippen LogP contribution is -2.36. The van der Waals surface area contributed by atoms with Gasteiger partial charge >= 0.3 is 0 Å². The van der Waals surface area contributed by atoms with E-state index in [0.717, 1.165) is 31.0 Å². The Kier molecular flexibility index (Phi) is 6.13. The van der Waals surface area contributed by atoms with Crippen LogP contribution in [-0.4, -0.2) is 23.7 Å². The Morgan fingerprint density at radius 3 is 2.67 bits per heavy atom. The number of hydrogen-bond donors (Lipinski definition) is 1. The molecule has 102 valence electrons. The van der Waals surface area contributed by atoms with Gasteiger partial charge in [0.25, 0.3) is 0 Å². The largest absolute Gasteiger partial charge is 0.492 e. The summed E-state index contributed by atoms with van der Waals surface area (Å²) in [5.41, 5.74) is 1.19.